The molecule has 2 aliphatic carbocycles. The number of hydrogen-bond donors (Lipinski definition) is 3. The lowest BCUT2D eigenvalue weighted by atomic mass is 9.98. The van der Waals surface area contributed by atoms with E-state index in [4.69, 9.17) is 4.74 Å². The lowest BCUT2D eigenvalue weighted by molar-refractivity contribution is -0.143. The first kappa shape index (κ1) is 21.7. The zero-order chi connectivity index (χ0) is 23.9. The summed E-state index contributed by atoms with van der Waals surface area (Å²) in [6.07, 6.45) is 0.429. The number of amides is 2. The summed E-state index contributed by atoms with van der Waals surface area (Å²) in [4.78, 5) is 36.2. The smallest absolute Gasteiger partial charge is 0.412 e. The van der Waals surface area contributed by atoms with Crippen LogP contribution in [0.4, 0.5) is 10.6 Å². The lowest BCUT2D eigenvalue weighted by Gasteiger charge is -2.14. The third-order valence-corrected chi connectivity index (χ3v) is 6.58. The summed E-state index contributed by atoms with van der Waals surface area (Å²) in [6, 6.07) is 17.6. The number of fused-ring (bicyclic) bond motifs is 3. The fraction of sp³-hybridized carbons (Fsp3) is 0.280. The summed E-state index contributed by atoms with van der Waals surface area (Å²) >= 11 is 0. The summed E-state index contributed by atoms with van der Waals surface area (Å²) in [5.41, 5.74) is 3.73. The molecule has 3 N–H and O–H groups in total. The standard InChI is InChI=1S/C25H24N4O5/c1-29-21(12-20(28-29)22(30)26-14-25(10-11-25)23(31)32)27-24(33)34-13-19-17-8-4-2-6-15(17)16-7-3-5-9-18(16)19/h2-9,12,19H,10-11,13-14H2,1H3,(H,26,30)(H,27,33)(H,31,32). The van der Waals surface area contributed by atoms with Crippen molar-refractivity contribution in [2.24, 2.45) is 12.5 Å². The number of carboxylic acids is 1. The van der Waals surface area contributed by atoms with Gasteiger partial charge in [0.1, 0.15) is 12.4 Å². The minimum absolute atomic E-state index is 0.0485. The van der Waals surface area contributed by atoms with Crippen LogP contribution in [-0.2, 0) is 16.6 Å². The van der Waals surface area contributed by atoms with Crippen molar-refractivity contribution < 1.29 is 24.2 Å². The quantitative estimate of drug-likeness (QED) is 0.497. The molecule has 2 amide bonds. The third kappa shape index (κ3) is 3.89. The Hall–Kier alpha value is -4.14. The Morgan fingerprint density at radius 3 is 2.29 bits per heavy atom. The Morgan fingerprint density at radius 2 is 1.71 bits per heavy atom. The first-order chi connectivity index (χ1) is 16.4. The Kier molecular flexibility index (Phi) is 5.31. The van der Waals surface area contributed by atoms with Crippen LogP contribution in [-0.4, -0.2) is 46.0 Å². The fourth-order valence-corrected chi connectivity index (χ4v) is 4.39. The van der Waals surface area contributed by atoms with Gasteiger partial charge in [-0.2, -0.15) is 5.10 Å². The van der Waals surface area contributed by atoms with Gasteiger partial charge in [0.25, 0.3) is 5.91 Å². The maximum absolute atomic E-state index is 12.5. The number of carboxylic acid groups (broad SMARTS) is 1. The van der Waals surface area contributed by atoms with Crippen LogP contribution < -0.4 is 10.6 Å². The van der Waals surface area contributed by atoms with Gasteiger partial charge in [-0.05, 0) is 35.1 Å². The van der Waals surface area contributed by atoms with Crippen LogP contribution in [0.15, 0.2) is 54.6 Å². The molecule has 34 heavy (non-hydrogen) atoms. The minimum atomic E-state index is -0.911. The number of aliphatic carboxylic acids is 1. The number of benzene rings is 2. The van der Waals surface area contributed by atoms with E-state index in [1.165, 1.54) is 10.7 Å². The summed E-state index contributed by atoms with van der Waals surface area (Å²) in [6.45, 7) is 0.217. The van der Waals surface area contributed by atoms with Crippen molar-refractivity contribution in [3.63, 3.8) is 0 Å². The van der Waals surface area contributed by atoms with E-state index in [1.54, 1.807) is 7.05 Å². The topological polar surface area (TPSA) is 123 Å². The normalized spacial score (nSPS) is 15.2. The lowest BCUT2D eigenvalue weighted by Crippen LogP contribution is -2.34. The maximum atomic E-state index is 12.5. The van der Waals surface area contributed by atoms with Crippen LogP contribution in [0, 0.1) is 5.41 Å². The fourth-order valence-electron chi connectivity index (χ4n) is 4.39. The Bertz CT molecular complexity index is 1250. The van der Waals surface area contributed by atoms with Gasteiger partial charge in [0.15, 0.2) is 5.69 Å². The van der Waals surface area contributed by atoms with Gasteiger partial charge in [0, 0.05) is 25.6 Å². The van der Waals surface area contributed by atoms with Crippen LogP contribution in [0.25, 0.3) is 11.1 Å². The number of anilines is 1. The van der Waals surface area contributed by atoms with Crippen molar-refractivity contribution in [3.05, 3.63) is 71.4 Å². The highest BCUT2D eigenvalue weighted by Gasteiger charge is 2.50. The highest BCUT2D eigenvalue weighted by Crippen LogP contribution is 2.45. The van der Waals surface area contributed by atoms with E-state index in [1.807, 2.05) is 36.4 Å². The predicted molar refractivity (Wildman–Crippen MR) is 124 cm³/mol. The molecule has 1 heterocycles. The molecule has 3 aromatic rings. The van der Waals surface area contributed by atoms with E-state index in [9.17, 15) is 19.5 Å². The Balaban J connectivity index is 1.21. The number of aryl methyl sites for hydroxylation is 1. The summed E-state index contributed by atoms with van der Waals surface area (Å²) in [7, 11) is 1.59. The third-order valence-electron chi connectivity index (χ3n) is 6.58. The second-order valence-electron chi connectivity index (χ2n) is 8.76. The van der Waals surface area contributed by atoms with Gasteiger partial charge in [0.05, 0.1) is 5.41 Å². The number of rotatable bonds is 7. The number of nitrogens with one attached hydrogen (secondary N) is 2. The van der Waals surface area contributed by atoms with E-state index < -0.39 is 23.4 Å². The molecular formula is C25H24N4O5. The predicted octanol–water partition coefficient (Wildman–Crippen LogP) is 3.38. The van der Waals surface area contributed by atoms with E-state index in [-0.39, 0.29) is 24.8 Å². The van der Waals surface area contributed by atoms with Crippen molar-refractivity contribution in [2.75, 3.05) is 18.5 Å². The average Bonchev–Trinajstić information content (AvgIpc) is 3.46. The van der Waals surface area contributed by atoms with Gasteiger partial charge in [-0.3, -0.25) is 19.6 Å². The van der Waals surface area contributed by atoms with Crippen molar-refractivity contribution in [1.82, 2.24) is 15.1 Å². The van der Waals surface area contributed by atoms with Crippen LogP contribution >= 0.6 is 0 Å². The highest BCUT2D eigenvalue weighted by atomic mass is 16.5. The van der Waals surface area contributed by atoms with E-state index in [0.717, 1.165) is 22.3 Å². The van der Waals surface area contributed by atoms with Crippen molar-refractivity contribution in [3.8, 4) is 11.1 Å². The van der Waals surface area contributed by atoms with Gasteiger partial charge in [-0.1, -0.05) is 48.5 Å². The Morgan fingerprint density at radius 1 is 1.09 bits per heavy atom. The molecule has 0 radical (unpaired) electrons. The van der Waals surface area contributed by atoms with E-state index in [2.05, 4.69) is 27.9 Å². The maximum Gasteiger partial charge on any atom is 0.412 e. The first-order valence-corrected chi connectivity index (χ1v) is 11.1. The molecule has 0 aliphatic heterocycles. The number of nitrogens with zero attached hydrogens (tertiary/aromatic N) is 2. The van der Waals surface area contributed by atoms with E-state index >= 15 is 0 Å². The summed E-state index contributed by atoms with van der Waals surface area (Å²) in [5.74, 6) is -1.17. The molecule has 0 bridgehead atoms. The van der Waals surface area contributed by atoms with Gasteiger partial charge < -0.3 is 15.2 Å². The molecule has 5 rings (SSSR count). The molecule has 0 spiro atoms. The SMILES string of the molecule is Cn1nc(C(=O)NCC2(C(=O)O)CC2)cc1NC(=O)OCC1c2ccccc2-c2ccccc21. The second kappa shape index (κ2) is 8.33. The molecule has 9 heteroatoms. The monoisotopic (exact) mass is 460 g/mol. The van der Waals surface area contributed by atoms with Crippen LogP contribution in [0.1, 0.15) is 40.4 Å². The average molecular weight is 460 g/mol. The number of carbonyl (C=O) groups is 3. The molecule has 2 aromatic carbocycles. The van der Waals surface area contributed by atoms with Crippen LogP contribution in [0.3, 0.4) is 0 Å². The molecule has 2 aliphatic rings. The molecule has 0 atom stereocenters. The van der Waals surface area contributed by atoms with Crippen LogP contribution in [0.5, 0.6) is 0 Å². The van der Waals surface area contributed by atoms with Crippen molar-refractivity contribution >= 4 is 23.8 Å². The molecule has 1 saturated carbocycles. The number of aromatic nitrogens is 2. The Labute approximate surface area is 195 Å². The molecule has 1 aromatic heterocycles. The molecule has 1 fully saturated rings. The molecule has 174 valence electrons. The van der Waals surface area contributed by atoms with Crippen molar-refractivity contribution in [1.29, 1.82) is 0 Å². The first-order valence-electron chi connectivity index (χ1n) is 11.1. The molecule has 0 saturated heterocycles. The van der Waals surface area contributed by atoms with E-state index in [0.29, 0.717) is 18.7 Å². The zero-order valence-electron chi connectivity index (χ0n) is 18.6. The highest BCUT2D eigenvalue weighted by molar-refractivity contribution is 5.94. The number of ether oxygens (including phenoxy) is 1. The summed E-state index contributed by atoms with van der Waals surface area (Å²) in [5, 5.41) is 18.6. The number of carbonyl (C=O) groups excluding carboxylic acids is 2. The summed E-state index contributed by atoms with van der Waals surface area (Å²) < 4.78 is 6.90. The zero-order valence-corrected chi connectivity index (χ0v) is 18.6. The van der Waals surface area contributed by atoms with Gasteiger partial charge in [-0.15, -0.1) is 0 Å². The molecule has 9 nitrogen and oxygen atoms in total. The van der Waals surface area contributed by atoms with Crippen LogP contribution in [0.2, 0.25) is 0 Å². The van der Waals surface area contributed by atoms with Gasteiger partial charge in [-0.25, -0.2) is 4.79 Å². The van der Waals surface area contributed by atoms with Gasteiger partial charge in [0.2, 0.25) is 0 Å². The minimum Gasteiger partial charge on any atom is -0.481 e. The number of hydrogen-bond acceptors (Lipinski definition) is 5. The largest absolute Gasteiger partial charge is 0.481 e. The van der Waals surface area contributed by atoms with Gasteiger partial charge >= 0.3 is 12.1 Å². The van der Waals surface area contributed by atoms with Crippen molar-refractivity contribution in [2.45, 2.75) is 18.8 Å². The molecule has 0 unspecified atom stereocenters. The second-order valence-corrected chi connectivity index (χ2v) is 8.76. The molecular weight excluding hydrogens is 436 g/mol.